The fourth-order valence-corrected chi connectivity index (χ4v) is 3.92. The van der Waals surface area contributed by atoms with Crippen LogP contribution in [-0.2, 0) is 9.53 Å². The van der Waals surface area contributed by atoms with Crippen molar-refractivity contribution in [3.63, 3.8) is 0 Å². The quantitative estimate of drug-likeness (QED) is 0.838. The van der Waals surface area contributed by atoms with Gasteiger partial charge >= 0.3 is 0 Å². The van der Waals surface area contributed by atoms with Gasteiger partial charge in [-0.15, -0.1) is 0 Å². The molecule has 1 N–H and O–H groups in total. The SMILES string of the molecule is COCC1(C(=O)N2CC(C)C(O)(C3CC3)C2)CCC1. The van der Waals surface area contributed by atoms with Gasteiger partial charge in [-0.05, 0) is 31.6 Å². The first-order valence-corrected chi connectivity index (χ1v) is 7.52. The van der Waals surface area contributed by atoms with Crippen molar-refractivity contribution in [3.05, 3.63) is 0 Å². The van der Waals surface area contributed by atoms with Crippen LogP contribution in [0.1, 0.15) is 39.0 Å². The second-order valence-corrected chi connectivity index (χ2v) is 6.92. The molecule has 0 bridgehead atoms. The van der Waals surface area contributed by atoms with Crippen LogP contribution in [0.2, 0.25) is 0 Å². The summed E-state index contributed by atoms with van der Waals surface area (Å²) >= 11 is 0. The molecule has 0 aromatic carbocycles. The highest BCUT2D eigenvalue weighted by molar-refractivity contribution is 5.84. The predicted octanol–water partition coefficient (Wildman–Crippen LogP) is 1.42. The average molecular weight is 267 g/mol. The van der Waals surface area contributed by atoms with Crippen molar-refractivity contribution < 1.29 is 14.6 Å². The molecule has 0 radical (unpaired) electrons. The molecule has 2 aliphatic carbocycles. The molecular formula is C15H25NO3. The molecule has 108 valence electrons. The maximum atomic E-state index is 12.8. The van der Waals surface area contributed by atoms with E-state index < -0.39 is 5.60 Å². The predicted molar refractivity (Wildman–Crippen MR) is 71.6 cm³/mol. The van der Waals surface area contributed by atoms with Crippen LogP contribution in [0.25, 0.3) is 0 Å². The van der Waals surface area contributed by atoms with Crippen molar-refractivity contribution in [3.8, 4) is 0 Å². The maximum Gasteiger partial charge on any atom is 0.231 e. The first-order valence-electron chi connectivity index (χ1n) is 7.52. The third kappa shape index (κ3) is 2.00. The zero-order chi connectivity index (χ0) is 13.7. The molecule has 0 aromatic rings. The van der Waals surface area contributed by atoms with Gasteiger partial charge in [0, 0.05) is 26.1 Å². The van der Waals surface area contributed by atoms with E-state index in [1.807, 2.05) is 4.90 Å². The second-order valence-electron chi connectivity index (χ2n) is 6.92. The molecule has 1 heterocycles. The molecule has 19 heavy (non-hydrogen) atoms. The highest BCUT2D eigenvalue weighted by atomic mass is 16.5. The molecular weight excluding hydrogens is 242 g/mol. The van der Waals surface area contributed by atoms with E-state index in [2.05, 4.69) is 6.92 Å². The molecule has 0 aromatic heterocycles. The Morgan fingerprint density at radius 1 is 1.42 bits per heavy atom. The zero-order valence-electron chi connectivity index (χ0n) is 12.0. The maximum absolute atomic E-state index is 12.8. The van der Waals surface area contributed by atoms with E-state index in [4.69, 9.17) is 4.74 Å². The number of rotatable bonds is 4. The summed E-state index contributed by atoms with van der Waals surface area (Å²) in [6.07, 6.45) is 5.22. The molecule has 1 aliphatic heterocycles. The molecule has 2 unspecified atom stereocenters. The molecule has 3 fully saturated rings. The monoisotopic (exact) mass is 267 g/mol. The summed E-state index contributed by atoms with van der Waals surface area (Å²) in [6.45, 7) is 3.84. The highest BCUT2D eigenvalue weighted by Gasteiger charge is 2.56. The largest absolute Gasteiger partial charge is 0.387 e. The van der Waals surface area contributed by atoms with Crippen LogP contribution in [-0.4, -0.2) is 48.3 Å². The van der Waals surface area contributed by atoms with Crippen LogP contribution in [0.3, 0.4) is 0 Å². The van der Waals surface area contributed by atoms with Crippen molar-refractivity contribution in [1.82, 2.24) is 4.90 Å². The molecule has 2 atom stereocenters. The first-order chi connectivity index (χ1) is 9.02. The van der Waals surface area contributed by atoms with Gasteiger partial charge in [-0.3, -0.25) is 4.79 Å². The minimum Gasteiger partial charge on any atom is -0.387 e. The van der Waals surface area contributed by atoms with Gasteiger partial charge in [0.05, 0.1) is 17.6 Å². The number of aliphatic hydroxyl groups is 1. The van der Waals surface area contributed by atoms with Crippen molar-refractivity contribution in [2.24, 2.45) is 17.3 Å². The second kappa shape index (κ2) is 4.45. The minimum atomic E-state index is -0.631. The van der Waals surface area contributed by atoms with Crippen molar-refractivity contribution in [2.75, 3.05) is 26.8 Å². The lowest BCUT2D eigenvalue weighted by atomic mass is 9.68. The Morgan fingerprint density at radius 2 is 2.11 bits per heavy atom. The average Bonchev–Trinajstić information content (AvgIpc) is 3.12. The third-order valence-corrected chi connectivity index (χ3v) is 5.55. The Morgan fingerprint density at radius 3 is 2.58 bits per heavy atom. The van der Waals surface area contributed by atoms with Gasteiger partial charge in [0.1, 0.15) is 0 Å². The van der Waals surface area contributed by atoms with Gasteiger partial charge in [0.25, 0.3) is 0 Å². The highest BCUT2D eigenvalue weighted by Crippen LogP contribution is 2.49. The number of likely N-dealkylation sites (tertiary alicyclic amines) is 1. The summed E-state index contributed by atoms with van der Waals surface area (Å²) < 4.78 is 5.26. The molecule has 4 heteroatoms. The standard InChI is InChI=1S/C15H25NO3/c1-11-8-16(9-15(11,18)12-4-5-12)13(17)14(10-19-2)6-3-7-14/h11-12,18H,3-10H2,1-2H3. The normalized spacial score (nSPS) is 37.2. The van der Waals surface area contributed by atoms with E-state index >= 15 is 0 Å². The van der Waals surface area contributed by atoms with Crippen molar-refractivity contribution >= 4 is 5.91 Å². The summed E-state index contributed by atoms with van der Waals surface area (Å²) in [5.74, 6) is 0.827. The van der Waals surface area contributed by atoms with Gasteiger partial charge in [0.2, 0.25) is 5.91 Å². The molecule has 2 saturated carbocycles. The number of hydrogen-bond donors (Lipinski definition) is 1. The molecule has 0 spiro atoms. The number of ether oxygens (including phenoxy) is 1. The number of carbonyl (C=O) groups excluding carboxylic acids is 1. The zero-order valence-corrected chi connectivity index (χ0v) is 12.0. The van der Waals surface area contributed by atoms with E-state index in [0.29, 0.717) is 25.6 Å². The summed E-state index contributed by atoms with van der Waals surface area (Å²) in [5, 5.41) is 10.8. The van der Waals surface area contributed by atoms with Gasteiger partial charge < -0.3 is 14.7 Å². The Labute approximate surface area is 115 Å². The van der Waals surface area contributed by atoms with E-state index in [9.17, 15) is 9.90 Å². The third-order valence-electron chi connectivity index (χ3n) is 5.55. The Hall–Kier alpha value is -0.610. The van der Waals surface area contributed by atoms with Crippen molar-refractivity contribution in [2.45, 2.75) is 44.6 Å². The Kier molecular flexibility index (Phi) is 3.13. The molecule has 3 rings (SSSR count). The number of carbonyl (C=O) groups is 1. The molecule has 4 nitrogen and oxygen atoms in total. The lowest BCUT2D eigenvalue weighted by molar-refractivity contribution is -0.152. The fraction of sp³-hybridized carbons (Fsp3) is 0.933. The smallest absolute Gasteiger partial charge is 0.231 e. The number of amides is 1. The summed E-state index contributed by atoms with van der Waals surface area (Å²) in [5.41, 5.74) is -0.920. The summed E-state index contributed by atoms with van der Waals surface area (Å²) in [6, 6.07) is 0. The fourth-order valence-electron chi connectivity index (χ4n) is 3.92. The van der Waals surface area contributed by atoms with Crippen LogP contribution >= 0.6 is 0 Å². The van der Waals surface area contributed by atoms with E-state index in [1.165, 1.54) is 0 Å². The Bertz CT molecular complexity index is 376. The summed E-state index contributed by atoms with van der Waals surface area (Å²) in [4.78, 5) is 14.7. The number of methoxy groups -OCH3 is 1. The van der Waals surface area contributed by atoms with E-state index in [0.717, 1.165) is 32.1 Å². The topological polar surface area (TPSA) is 49.8 Å². The minimum absolute atomic E-state index is 0.198. The van der Waals surface area contributed by atoms with E-state index in [1.54, 1.807) is 7.11 Å². The van der Waals surface area contributed by atoms with Crippen molar-refractivity contribution in [1.29, 1.82) is 0 Å². The molecule has 1 saturated heterocycles. The molecule has 1 amide bonds. The van der Waals surface area contributed by atoms with Gasteiger partial charge in [-0.1, -0.05) is 13.3 Å². The van der Waals surface area contributed by atoms with Crippen LogP contribution in [0.15, 0.2) is 0 Å². The number of nitrogens with zero attached hydrogens (tertiary/aromatic N) is 1. The number of hydrogen-bond acceptors (Lipinski definition) is 3. The lowest BCUT2D eigenvalue weighted by Crippen LogP contribution is -2.51. The summed E-state index contributed by atoms with van der Waals surface area (Å²) in [7, 11) is 1.67. The van der Waals surface area contributed by atoms with E-state index in [-0.39, 0.29) is 17.2 Å². The molecule has 3 aliphatic rings. The van der Waals surface area contributed by atoms with Gasteiger partial charge in [-0.25, -0.2) is 0 Å². The van der Waals surface area contributed by atoms with Gasteiger partial charge in [-0.2, -0.15) is 0 Å². The lowest BCUT2D eigenvalue weighted by Gasteiger charge is -2.42. The van der Waals surface area contributed by atoms with Gasteiger partial charge in [0.15, 0.2) is 0 Å². The number of β-amino-alcohol motifs (C(OH)–C–C–N with tert-alkyl or cyclic N) is 1. The Balaban J connectivity index is 1.71. The van der Waals surface area contributed by atoms with Crippen LogP contribution < -0.4 is 0 Å². The van der Waals surface area contributed by atoms with Crippen LogP contribution in [0.5, 0.6) is 0 Å². The first kappa shape index (κ1) is 13.4. The van der Waals surface area contributed by atoms with Crippen LogP contribution in [0.4, 0.5) is 0 Å². The van der Waals surface area contributed by atoms with Crippen LogP contribution in [0, 0.1) is 17.3 Å².